The Kier molecular flexibility index (Phi) is 8.37. The first-order chi connectivity index (χ1) is 19.5. The standard InChI is InChI=1S/C32H43ClN6O/c1-24-28(8-7-26(21-34)31(24)33)39-20-15-32(23-39)13-18-38(19-14-32)29-9-10-30(36-35-29)40-27-11-16-37(17-12-27)22-25-5-3-2-4-6-25/h7-10,25,27H,2-6,11-20,22-23H2,1H3. The Morgan fingerprint density at radius 2 is 1.65 bits per heavy atom. The number of piperidine rings is 2. The number of aromatic nitrogens is 2. The molecule has 1 spiro atoms. The van der Waals surface area contributed by atoms with Gasteiger partial charge in [-0.3, -0.25) is 0 Å². The predicted molar refractivity (Wildman–Crippen MR) is 160 cm³/mol. The summed E-state index contributed by atoms with van der Waals surface area (Å²) in [5.74, 6) is 2.52. The van der Waals surface area contributed by atoms with Gasteiger partial charge in [-0.25, -0.2) is 0 Å². The van der Waals surface area contributed by atoms with Crippen LogP contribution in [0.2, 0.25) is 5.02 Å². The fraction of sp³-hybridized carbons (Fsp3) is 0.656. The molecule has 214 valence electrons. The molecule has 0 N–H and O–H groups in total. The fourth-order valence-electron chi connectivity index (χ4n) is 7.52. The van der Waals surface area contributed by atoms with Gasteiger partial charge >= 0.3 is 0 Å². The Balaban J connectivity index is 0.969. The molecule has 4 heterocycles. The van der Waals surface area contributed by atoms with E-state index in [1.54, 1.807) is 0 Å². The van der Waals surface area contributed by atoms with Gasteiger partial charge in [0.2, 0.25) is 5.88 Å². The van der Waals surface area contributed by atoms with Crippen LogP contribution in [-0.4, -0.2) is 67.0 Å². The highest BCUT2D eigenvalue weighted by molar-refractivity contribution is 6.32. The van der Waals surface area contributed by atoms with Crippen molar-refractivity contribution in [3.05, 3.63) is 40.4 Å². The van der Waals surface area contributed by atoms with Crippen molar-refractivity contribution >= 4 is 23.1 Å². The van der Waals surface area contributed by atoms with Gasteiger partial charge in [0.15, 0.2) is 5.82 Å². The molecule has 1 aromatic heterocycles. The lowest BCUT2D eigenvalue weighted by Gasteiger charge is -2.40. The van der Waals surface area contributed by atoms with Crippen LogP contribution in [0.25, 0.3) is 0 Å². The highest BCUT2D eigenvalue weighted by Gasteiger charge is 2.41. The minimum atomic E-state index is 0.248. The van der Waals surface area contributed by atoms with Crippen molar-refractivity contribution < 1.29 is 4.74 Å². The van der Waals surface area contributed by atoms with Gasteiger partial charge < -0.3 is 19.4 Å². The molecular weight excluding hydrogens is 520 g/mol. The number of ether oxygens (including phenoxy) is 1. The number of hydrogen-bond donors (Lipinski definition) is 0. The van der Waals surface area contributed by atoms with Crippen molar-refractivity contribution in [2.75, 3.05) is 55.6 Å². The fourth-order valence-corrected chi connectivity index (χ4v) is 7.72. The van der Waals surface area contributed by atoms with E-state index < -0.39 is 0 Å². The Labute approximate surface area is 244 Å². The van der Waals surface area contributed by atoms with Crippen LogP contribution in [0.5, 0.6) is 5.88 Å². The van der Waals surface area contributed by atoms with Gasteiger partial charge in [0.05, 0.1) is 10.6 Å². The highest BCUT2D eigenvalue weighted by Crippen LogP contribution is 2.44. The third kappa shape index (κ3) is 6.04. The van der Waals surface area contributed by atoms with Crippen molar-refractivity contribution in [3.63, 3.8) is 0 Å². The van der Waals surface area contributed by atoms with E-state index in [0.29, 0.717) is 21.9 Å². The molecule has 6 rings (SSSR count). The first kappa shape index (κ1) is 27.6. The van der Waals surface area contributed by atoms with E-state index in [0.717, 1.165) is 82.3 Å². The van der Waals surface area contributed by atoms with Crippen molar-refractivity contribution in [3.8, 4) is 11.9 Å². The molecule has 2 aromatic rings. The second kappa shape index (κ2) is 12.1. The van der Waals surface area contributed by atoms with Gasteiger partial charge in [0, 0.05) is 57.6 Å². The summed E-state index contributed by atoms with van der Waals surface area (Å²) in [6, 6.07) is 10.2. The minimum Gasteiger partial charge on any atom is -0.473 e. The maximum absolute atomic E-state index is 9.29. The molecule has 0 bridgehead atoms. The monoisotopic (exact) mass is 562 g/mol. The first-order valence-electron chi connectivity index (χ1n) is 15.4. The molecule has 4 fully saturated rings. The summed E-state index contributed by atoms with van der Waals surface area (Å²) in [7, 11) is 0. The number of nitrogens with zero attached hydrogens (tertiary/aromatic N) is 6. The topological polar surface area (TPSA) is 68.5 Å². The lowest BCUT2D eigenvalue weighted by Crippen LogP contribution is -2.42. The predicted octanol–water partition coefficient (Wildman–Crippen LogP) is 6.23. The number of benzene rings is 1. The third-order valence-electron chi connectivity index (χ3n) is 10.1. The summed E-state index contributed by atoms with van der Waals surface area (Å²) in [5, 5.41) is 18.9. The lowest BCUT2D eigenvalue weighted by atomic mass is 9.78. The molecule has 40 heavy (non-hydrogen) atoms. The summed E-state index contributed by atoms with van der Waals surface area (Å²) in [6.07, 6.45) is 13.0. The Morgan fingerprint density at radius 3 is 2.33 bits per heavy atom. The van der Waals surface area contributed by atoms with E-state index in [2.05, 4.69) is 43.1 Å². The minimum absolute atomic E-state index is 0.248. The number of rotatable bonds is 6. The number of nitriles is 1. The maximum Gasteiger partial charge on any atom is 0.233 e. The molecule has 1 aliphatic carbocycles. The van der Waals surface area contributed by atoms with Gasteiger partial charge in [-0.1, -0.05) is 30.9 Å². The second-order valence-electron chi connectivity index (χ2n) is 12.7. The van der Waals surface area contributed by atoms with E-state index in [1.165, 1.54) is 50.8 Å². The summed E-state index contributed by atoms with van der Waals surface area (Å²) in [4.78, 5) is 7.49. The second-order valence-corrected chi connectivity index (χ2v) is 13.1. The molecule has 4 aliphatic rings. The van der Waals surface area contributed by atoms with Crippen LogP contribution in [0.3, 0.4) is 0 Å². The molecule has 3 saturated heterocycles. The average molecular weight is 563 g/mol. The maximum atomic E-state index is 9.29. The molecule has 0 amide bonds. The first-order valence-corrected chi connectivity index (χ1v) is 15.8. The smallest absolute Gasteiger partial charge is 0.233 e. The normalized spacial score (nSPS) is 22.5. The van der Waals surface area contributed by atoms with Crippen LogP contribution in [0.15, 0.2) is 24.3 Å². The summed E-state index contributed by atoms with van der Waals surface area (Å²) < 4.78 is 6.25. The van der Waals surface area contributed by atoms with Gasteiger partial charge in [-0.2, -0.15) is 5.26 Å². The number of likely N-dealkylation sites (tertiary alicyclic amines) is 1. The van der Waals surface area contributed by atoms with Crippen LogP contribution < -0.4 is 14.5 Å². The molecule has 8 heteroatoms. The Morgan fingerprint density at radius 1 is 0.925 bits per heavy atom. The van der Waals surface area contributed by atoms with E-state index >= 15 is 0 Å². The van der Waals surface area contributed by atoms with E-state index in [1.807, 2.05) is 19.1 Å². The molecule has 1 saturated carbocycles. The van der Waals surface area contributed by atoms with Crippen molar-refractivity contribution in [2.45, 2.75) is 77.2 Å². The third-order valence-corrected chi connectivity index (χ3v) is 10.6. The van der Waals surface area contributed by atoms with Crippen LogP contribution >= 0.6 is 11.6 Å². The van der Waals surface area contributed by atoms with E-state index in [4.69, 9.17) is 16.3 Å². The quantitative estimate of drug-likeness (QED) is 0.413. The molecule has 7 nitrogen and oxygen atoms in total. The molecular formula is C32H43ClN6O. The largest absolute Gasteiger partial charge is 0.473 e. The SMILES string of the molecule is Cc1c(N2CCC3(CCN(c4ccc(OC5CCN(CC6CCCCC6)CC5)nn4)CC3)C2)ccc(C#N)c1Cl. The van der Waals surface area contributed by atoms with Gasteiger partial charge in [0.25, 0.3) is 0 Å². The van der Waals surface area contributed by atoms with Crippen LogP contribution in [0, 0.1) is 29.6 Å². The van der Waals surface area contributed by atoms with Crippen LogP contribution in [0.4, 0.5) is 11.5 Å². The van der Waals surface area contributed by atoms with Crippen LogP contribution in [0.1, 0.15) is 75.3 Å². The van der Waals surface area contributed by atoms with Gasteiger partial charge in [-0.05, 0) is 87.0 Å². The zero-order valence-corrected chi connectivity index (χ0v) is 24.7. The number of halogens is 1. The Bertz CT molecular complexity index is 1190. The van der Waals surface area contributed by atoms with E-state index in [-0.39, 0.29) is 6.10 Å². The molecule has 0 unspecified atom stereocenters. The molecule has 0 radical (unpaired) electrons. The summed E-state index contributed by atoms with van der Waals surface area (Å²) in [6.45, 7) is 9.65. The average Bonchev–Trinajstić information content (AvgIpc) is 3.40. The lowest BCUT2D eigenvalue weighted by molar-refractivity contribution is 0.0827. The molecule has 0 atom stereocenters. The highest BCUT2D eigenvalue weighted by atomic mass is 35.5. The molecule has 1 aromatic carbocycles. The summed E-state index contributed by atoms with van der Waals surface area (Å²) in [5.41, 5.74) is 3.06. The van der Waals surface area contributed by atoms with Gasteiger partial charge in [0.1, 0.15) is 12.2 Å². The Hall–Kier alpha value is -2.56. The van der Waals surface area contributed by atoms with Gasteiger partial charge in [-0.15, -0.1) is 10.2 Å². The number of hydrogen-bond acceptors (Lipinski definition) is 7. The van der Waals surface area contributed by atoms with Crippen LogP contribution in [-0.2, 0) is 0 Å². The van der Waals surface area contributed by atoms with Crippen molar-refractivity contribution in [1.82, 2.24) is 15.1 Å². The molecule has 3 aliphatic heterocycles. The van der Waals surface area contributed by atoms with E-state index in [9.17, 15) is 5.26 Å². The van der Waals surface area contributed by atoms with Crippen molar-refractivity contribution in [2.24, 2.45) is 11.3 Å². The zero-order chi connectivity index (χ0) is 27.5. The van der Waals surface area contributed by atoms with Crippen molar-refractivity contribution in [1.29, 1.82) is 5.26 Å². The number of anilines is 2. The summed E-state index contributed by atoms with van der Waals surface area (Å²) >= 11 is 6.47. The zero-order valence-electron chi connectivity index (χ0n) is 24.0.